The van der Waals surface area contributed by atoms with Gasteiger partial charge in [-0.1, -0.05) is 148 Å². The van der Waals surface area contributed by atoms with Crippen LogP contribution in [0.1, 0.15) is 68.2 Å². The van der Waals surface area contributed by atoms with Gasteiger partial charge in [-0.05, 0) is 99.3 Å². The molecular weight excluding hydrogens is 659 g/mol. The summed E-state index contributed by atoms with van der Waals surface area (Å²) in [6.07, 6.45) is 6.32. The number of nitrogens with zero attached hydrogens (tertiary/aromatic N) is 1. The summed E-state index contributed by atoms with van der Waals surface area (Å²) in [5.41, 5.74) is 17.6. The highest BCUT2D eigenvalue weighted by Crippen LogP contribution is 2.58. The molecule has 7 aromatic carbocycles. The molecule has 1 fully saturated rings. The number of rotatable bonds is 4. The van der Waals surface area contributed by atoms with E-state index in [1.165, 1.54) is 125 Å². The highest BCUT2D eigenvalue weighted by atomic mass is 32.1. The van der Waals surface area contributed by atoms with E-state index in [-0.39, 0.29) is 10.8 Å². The molecule has 1 heterocycles. The van der Waals surface area contributed by atoms with Gasteiger partial charge in [-0.15, -0.1) is 11.3 Å². The lowest BCUT2D eigenvalue weighted by molar-refractivity contribution is 0.353. The SMILES string of the molecule is CC1(C)c2ccccc2-c2cccc(-c3ccccc3N(c3ccc4c(c3)C3(CCCCC3)c3ccccc3-4)c3cccc4sc5ccccc5c34)c21. The van der Waals surface area contributed by atoms with Crippen molar-refractivity contribution in [1.82, 2.24) is 0 Å². The maximum absolute atomic E-state index is 2.60. The minimum atomic E-state index is -0.128. The molecule has 0 aliphatic heterocycles. The van der Waals surface area contributed by atoms with Crippen LogP contribution in [-0.2, 0) is 10.8 Å². The number of anilines is 3. The largest absolute Gasteiger partial charge is 0.309 e. The average Bonchev–Trinajstić information content (AvgIpc) is 3.80. The van der Waals surface area contributed by atoms with Crippen LogP contribution < -0.4 is 4.90 Å². The fourth-order valence-corrected chi connectivity index (χ4v) is 11.7. The molecule has 2 heteroatoms. The summed E-state index contributed by atoms with van der Waals surface area (Å²) in [4.78, 5) is 2.60. The van der Waals surface area contributed by atoms with E-state index < -0.39 is 0 Å². The molecule has 0 N–H and O–H groups in total. The lowest BCUT2D eigenvalue weighted by Gasteiger charge is -2.37. The van der Waals surface area contributed by atoms with Crippen molar-refractivity contribution in [1.29, 1.82) is 0 Å². The Hall–Kier alpha value is -5.44. The Morgan fingerprint density at radius 1 is 0.472 bits per heavy atom. The molecule has 3 aliphatic carbocycles. The Labute approximate surface area is 316 Å². The number of hydrogen-bond acceptors (Lipinski definition) is 2. The second kappa shape index (κ2) is 11.5. The van der Waals surface area contributed by atoms with Crippen molar-refractivity contribution in [3.8, 4) is 33.4 Å². The van der Waals surface area contributed by atoms with Gasteiger partial charge in [-0.2, -0.15) is 0 Å². The van der Waals surface area contributed by atoms with Crippen molar-refractivity contribution in [2.24, 2.45) is 0 Å². The van der Waals surface area contributed by atoms with Crippen LogP contribution in [0.25, 0.3) is 53.6 Å². The summed E-state index contributed by atoms with van der Waals surface area (Å²) >= 11 is 1.90. The topological polar surface area (TPSA) is 3.24 Å². The van der Waals surface area contributed by atoms with E-state index in [9.17, 15) is 0 Å². The Balaban J connectivity index is 1.20. The third-order valence-electron chi connectivity index (χ3n) is 12.9. The summed E-state index contributed by atoms with van der Waals surface area (Å²) in [6, 6.07) is 57.6. The van der Waals surface area contributed by atoms with Gasteiger partial charge in [0.2, 0.25) is 0 Å². The van der Waals surface area contributed by atoms with Crippen LogP contribution in [0, 0.1) is 0 Å². The number of para-hydroxylation sites is 1. The summed E-state index contributed by atoms with van der Waals surface area (Å²) in [7, 11) is 0. The molecule has 53 heavy (non-hydrogen) atoms. The van der Waals surface area contributed by atoms with E-state index >= 15 is 0 Å². The van der Waals surface area contributed by atoms with Gasteiger partial charge in [-0.3, -0.25) is 0 Å². The lowest BCUT2D eigenvalue weighted by Crippen LogP contribution is -2.28. The fourth-order valence-electron chi connectivity index (χ4n) is 10.6. The molecule has 0 saturated heterocycles. The molecule has 0 unspecified atom stereocenters. The predicted molar refractivity (Wildman–Crippen MR) is 226 cm³/mol. The van der Waals surface area contributed by atoms with Crippen molar-refractivity contribution >= 4 is 48.6 Å². The van der Waals surface area contributed by atoms with Crippen molar-refractivity contribution in [3.05, 3.63) is 174 Å². The van der Waals surface area contributed by atoms with E-state index in [1.54, 1.807) is 0 Å². The van der Waals surface area contributed by atoms with Crippen LogP contribution in [0.15, 0.2) is 152 Å². The Kier molecular flexibility index (Phi) is 6.77. The van der Waals surface area contributed by atoms with E-state index in [4.69, 9.17) is 0 Å². The molecule has 0 atom stereocenters. The molecule has 1 spiro atoms. The monoisotopic (exact) mass is 699 g/mol. The maximum Gasteiger partial charge on any atom is 0.0555 e. The first kappa shape index (κ1) is 31.1. The fraction of sp³-hybridized carbons (Fsp3) is 0.176. The van der Waals surface area contributed by atoms with Gasteiger partial charge in [0.25, 0.3) is 0 Å². The molecule has 8 aromatic rings. The first-order chi connectivity index (χ1) is 26.0. The van der Waals surface area contributed by atoms with Gasteiger partial charge in [0.1, 0.15) is 0 Å². The summed E-state index contributed by atoms with van der Waals surface area (Å²) in [5.74, 6) is 0. The zero-order valence-electron chi connectivity index (χ0n) is 30.3. The number of benzene rings is 7. The van der Waals surface area contributed by atoms with Crippen LogP contribution in [0.4, 0.5) is 17.1 Å². The maximum atomic E-state index is 2.60. The second-order valence-electron chi connectivity index (χ2n) is 15.9. The lowest BCUT2D eigenvalue weighted by atomic mass is 9.68. The first-order valence-electron chi connectivity index (χ1n) is 19.3. The highest BCUT2D eigenvalue weighted by molar-refractivity contribution is 7.26. The van der Waals surface area contributed by atoms with Crippen LogP contribution in [0.2, 0.25) is 0 Å². The predicted octanol–water partition coefficient (Wildman–Crippen LogP) is 14.7. The quantitative estimate of drug-likeness (QED) is 0.177. The van der Waals surface area contributed by atoms with Crippen molar-refractivity contribution in [2.45, 2.75) is 56.8 Å². The van der Waals surface area contributed by atoms with Crippen molar-refractivity contribution in [2.75, 3.05) is 4.90 Å². The molecule has 0 radical (unpaired) electrons. The van der Waals surface area contributed by atoms with E-state index in [1.807, 2.05) is 11.3 Å². The van der Waals surface area contributed by atoms with Gasteiger partial charge in [0.15, 0.2) is 0 Å². The minimum Gasteiger partial charge on any atom is -0.309 e. The van der Waals surface area contributed by atoms with Gasteiger partial charge >= 0.3 is 0 Å². The third-order valence-corrected chi connectivity index (χ3v) is 14.0. The van der Waals surface area contributed by atoms with Crippen molar-refractivity contribution < 1.29 is 0 Å². The van der Waals surface area contributed by atoms with Gasteiger partial charge < -0.3 is 4.90 Å². The molecule has 1 aromatic heterocycles. The Morgan fingerprint density at radius 3 is 1.89 bits per heavy atom. The average molecular weight is 700 g/mol. The Bertz CT molecular complexity index is 2760. The summed E-state index contributed by atoms with van der Waals surface area (Å²) < 4.78 is 2.65. The van der Waals surface area contributed by atoms with Gasteiger partial charge in [0.05, 0.1) is 11.4 Å². The molecule has 11 rings (SSSR count). The first-order valence-corrected chi connectivity index (χ1v) is 20.1. The number of fused-ring (bicyclic) bond motifs is 11. The zero-order chi connectivity index (χ0) is 35.3. The smallest absolute Gasteiger partial charge is 0.0555 e. The number of thiophene rings is 1. The van der Waals surface area contributed by atoms with Gasteiger partial charge in [-0.25, -0.2) is 0 Å². The molecule has 256 valence electrons. The molecule has 3 aliphatic rings. The van der Waals surface area contributed by atoms with Crippen LogP contribution in [-0.4, -0.2) is 0 Å². The number of hydrogen-bond donors (Lipinski definition) is 0. The van der Waals surface area contributed by atoms with E-state index in [0.29, 0.717) is 0 Å². The third kappa shape index (κ3) is 4.36. The normalized spacial score (nSPS) is 16.0. The van der Waals surface area contributed by atoms with E-state index in [0.717, 1.165) is 0 Å². The minimum absolute atomic E-state index is 0.0719. The van der Waals surface area contributed by atoms with Crippen LogP contribution >= 0.6 is 11.3 Å². The second-order valence-corrected chi connectivity index (χ2v) is 17.0. The molecule has 0 amide bonds. The molecule has 1 saturated carbocycles. The summed E-state index contributed by atoms with van der Waals surface area (Å²) in [6.45, 7) is 4.81. The van der Waals surface area contributed by atoms with Crippen molar-refractivity contribution in [3.63, 3.8) is 0 Å². The Morgan fingerprint density at radius 2 is 1.06 bits per heavy atom. The van der Waals surface area contributed by atoms with Gasteiger partial charge in [0, 0.05) is 42.3 Å². The molecular formula is C51H41NS. The summed E-state index contributed by atoms with van der Waals surface area (Å²) in [5, 5.41) is 2.64. The van der Waals surface area contributed by atoms with Crippen LogP contribution in [0.5, 0.6) is 0 Å². The van der Waals surface area contributed by atoms with E-state index in [2.05, 4.69) is 170 Å². The standard InChI is InChI=1S/C51H41NS/c1-50(2)41-22-8-4-17-35(41)38-20-14-21-39(49(38)50)37-18-6-10-24-44(37)52(45-25-15-27-47-48(45)40-19-7-11-26-46(40)53-47)33-28-29-36-34-16-5-9-23-42(34)51(43(36)32-33)30-12-3-13-31-51/h4-11,14-29,32H,3,12-13,30-31H2,1-2H3. The highest BCUT2D eigenvalue weighted by Gasteiger charge is 2.44. The molecule has 0 bridgehead atoms. The molecule has 1 nitrogen and oxygen atoms in total. The zero-order valence-corrected chi connectivity index (χ0v) is 31.1. The van der Waals surface area contributed by atoms with Crippen LogP contribution in [0.3, 0.4) is 0 Å².